The summed E-state index contributed by atoms with van der Waals surface area (Å²) in [6.45, 7) is 1.97. The number of morpholine rings is 1. The molecule has 1 aliphatic heterocycles. The summed E-state index contributed by atoms with van der Waals surface area (Å²) in [5.74, 6) is -0.0805. The van der Waals surface area contributed by atoms with E-state index < -0.39 is 0 Å². The van der Waals surface area contributed by atoms with E-state index in [1.807, 2.05) is 28.7 Å². The van der Waals surface area contributed by atoms with Crippen molar-refractivity contribution in [3.8, 4) is 0 Å². The lowest BCUT2D eigenvalue weighted by atomic mass is 10.2. The second kappa shape index (κ2) is 8.30. The summed E-state index contributed by atoms with van der Waals surface area (Å²) in [6.07, 6.45) is 1.56. The fourth-order valence-electron chi connectivity index (χ4n) is 2.42. The summed E-state index contributed by atoms with van der Waals surface area (Å²) in [5.41, 5.74) is 0.665. The molecule has 130 valence electrons. The molecule has 2 aromatic rings. The highest BCUT2D eigenvalue weighted by atomic mass is 127. The standard InChI is InChI=1S/C18H17IN2O4/c19-16-7-6-14(25-16)12-15(18(23)21-8-10-24-11-9-21)20-17(22)13-4-2-1-3-5-13/h1-7,12H,8-11H2,(H,20,22)/b15-12+. The zero-order valence-corrected chi connectivity index (χ0v) is 15.6. The Morgan fingerprint density at radius 1 is 1.08 bits per heavy atom. The predicted molar refractivity (Wildman–Crippen MR) is 101 cm³/mol. The van der Waals surface area contributed by atoms with Crippen LogP contribution in [0.4, 0.5) is 0 Å². The fraction of sp³-hybridized carbons (Fsp3) is 0.222. The zero-order chi connectivity index (χ0) is 17.6. The van der Waals surface area contributed by atoms with E-state index in [0.717, 1.165) is 0 Å². The molecule has 7 heteroatoms. The van der Waals surface area contributed by atoms with Gasteiger partial charge in [0.25, 0.3) is 11.8 Å². The van der Waals surface area contributed by atoms with Crippen LogP contribution in [0.1, 0.15) is 16.1 Å². The maximum absolute atomic E-state index is 12.8. The maximum Gasteiger partial charge on any atom is 0.270 e. The van der Waals surface area contributed by atoms with E-state index in [1.54, 1.807) is 47.4 Å². The van der Waals surface area contributed by atoms with Gasteiger partial charge >= 0.3 is 0 Å². The third-order valence-electron chi connectivity index (χ3n) is 3.69. The van der Waals surface area contributed by atoms with Crippen molar-refractivity contribution in [1.82, 2.24) is 10.2 Å². The molecule has 0 saturated carbocycles. The Hall–Kier alpha value is -2.13. The second-order valence-electron chi connectivity index (χ2n) is 5.42. The summed E-state index contributed by atoms with van der Waals surface area (Å²) in [7, 11) is 0. The summed E-state index contributed by atoms with van der Waals surface area (Å²) < 4.78 is 11.5. The molecule has 0 atom stereocenters. The van der Waals surface area contributed by atoms with Gasteiger partial charge in [-0.15, -0.1) is 0 Å². The molecule has 1 N–H and O–H groups in total. The molecule has 1 aromatic heterocycles. The second-order valence-corrected chi connectivity index (χ2v) is 6.49. The minimum Gasteiger partial charge on any atom is -0.451 e. The first-order chi connectivity index (χ1) is 12.1. The highest BCUT2D eigenvalue weighted by molar-refractivity contribution is 14.1. The van der Waals surface area contributed by atoms with E-state index in [-0.39, 0.29) is 17.5 Å². The minimum atomic E-state index is -0.338. The number of ether oxygens (including phenoxy) is 1. The molecule has 1 saturated heterocycles. The fourth-order valence-corrected chi connectivity index (χ4v) is 2.85. The number of nitrogens with zero attached hydrogens (tertiary/aromatic N) is 1. The smallest absolute Gasteiger partial charge is 0.270 e. The highest BCUT2D eigenvalue weighted by Crippen LogP contribution is 2.15. The van der Waals surface area contributed by atoms with Crippen LogP contribution in [-0.2, 0) is 9.53 Å². The van der Waals surface area contributed by atoms with Gasteiger partial charge in [-0.2, -0.15) is 0 Å². The van der Waals surface area contributed by atoms with E-state index in [2.05, 4.69) is 5.32 Å². The van der Waals surface area contributed by atoms with Gasteiger partial charge in [-0.3, -0.25) is 9.59 Å². The number of furan rings is 1. The van der Waals surface area contributed by atoms with Crippen LogP contribution in [0, 0.1) is 3.77 Å². The Labute approximate surface area is 159 Å². The molecule has 2 amide bonds. The van der Waals surface area contributed by atoms with Gasteiger partial charge in [0.2, 0.25) is 0 Å². The van der Waals surface area contributed by atoms with Gasteiger partial charge in [0.1, 0.15) is 11.5 Å². The molecule has 0 radical (unpaired) electrons. The number of carbonyl (C=O) groups excluding carboxylic acids is 2. The molecule has 6 nitrogen and oxygen atoms in total. The van der Waals surface area contributed by atoms with Crippen LogP contribution in [0.25, 0.3) is 6.08 Å². The monoisotopic (exact) mass is 452 g/mol. The third-order valence-corrected chi connectivity index (χ3v) is 4.27. The predicted octanol–water partition coefficient (Wildman–Crippen LogP) is 2.51. The topological polar surface area (TPSA) is 71.8 Å². The number of hydrogen-bond acceptors (Lipinski definition) is 4. The third kappa shape index (κ3) is 4.70. The number of amides is 2. The molecule has 0 aliphatic carbocycles. The van der Waals surface area contributed by atoms with Crippen molar-refractivity contribution in [1.29, 1.82) is 0 Å². The van der Waals surface area contributed by atoms with Gasteiger partial charge in [0, 0.05) is 24.7 Å². The van der Waals surface area contributed by atoms with Crippen molar-refractivity contribution in [2.75, 3.05) is 26.3 Å². The van der Waals surface area contributed by atoms with E-state index >= 15 is 0 Å². The summed E-state index contributed by atoms with van der Waals surface area (Å²) in [6, 6.07) is 12.3. The summed E-state index contributed by atoms with van der Waals surface area (Å²) >= 11 is 2.05. The molecule has 25 heavy (non-hydrogen) atoms. The molecule has 2 heterocycles. The van der Waals surface area contributed by atoms with E-state index in [4.69, 9.17) is 9.15 Å². The van der Waals surface area contributed by atoms with Crippen molar-refractivity contribution < 1.29 is 18.7 Å². The Morgan fingerprint density at radius 2 is 1.80 bits per heavy atom. The quantitative estimate of drug-likeness (QED) is 0.572. The van der Waals surface area contributed by atoms with Gasteiger partial charge in [-0.05, 0) is 46.9 Å². The van der Waals surface area contributed by atoms with Crippen LogP contribution in [0.3, 0.4) is 0 Å². The lowest BCUT2D eigenvalue weighted by Crippen LogP contribution is -2.44. The first-order valence-electron chi connectivity index (χ1n) is 7.84. The van der Waals surface area contributed by atoms with Crippen molar-refractivity contribution in [3.05, 3.63) is 63.3 Å². The van der Waals surface area contributed by atoms with Gasteiger partial charge < -0.3 is 19.4 Å². The SMILES string of the molecule is O=C(N/C(=C/c1ccc(I)o1)C(=O)N1CCOCC1)c1ccccc1. The zero-order valence-electron chi connectivity index (χ0n) is 13.4. The van der Waals surface area contributed by atoms with E-state index in [1.165, 1.54) is 0 Å². The van der Waals surface area contributed by atoms with E-state index in [9.17, 15) is 9.59 Å². The number of halogens is 1. The van der Waals surface area contributed by atoms with Crippen LogP contribution in [0.5, 0.6) is 0 Å². The normalized spacial score (nSPS) is 15.1. The molecule has 0 bridgehead atoms. The Bertz CT molecular complexity index is 779. The molecular weight excluding hydrogens is 435 g/mol. The lowest BCUT2D eigenvalue weighted by molar-refractivity contribution is -0.131. The molecule has 1 aromatic carbocycles. The molecule has 0 unspecified atom stereocenters. The summed E-state index contributed by atoms with van der Waals surface area (Å²) in [5, 5.41) is 2.72. The van der Waals surface area contributed by atoms with Crippen LogP contribution in [0.2, 0.25) is 0 Å². The molecular formula is C18H17IN2O4. The average molecular weight is 452 g/mol. The van der Waals surface area contributed by atoms with Gasteiger partial charge in [0.15, 0.2) is 3.77 Å². The Balaban J connectivity index is 1.84. The average Bonchev–Trinajstić information content (AvgIpc) is 3.07. The number of benzene rings is 1. The van der Waals surface area contributed by atoms with Gasteiger partial charge in [0.05, 0.1) is 13.2 Å². The van der Waals surface area contributed by atoms with Crippen molar-refractivity contribution in [2.24, 2.45) is 0 Å². The van der Waals surface area contributed by atoms with Crippen LogP contribution < -0.4 is 5.32 Å². The first kappa shape index (κ1) is 17.7. The van der Waals surface area contributed by atoms with Crippen LogP contribution in [0.15, 0.2) is 52.6 Å². The minimum absolute atomic E-state index is 0.182. The van der Waals surface area contributed by atoms with Crippen molar-refractivity contribution in [3.63, 3.8) is 0 Å². The number of hydrogen-bond donors (Lipinski definition) is 1. The largest absolute Gasteiger partial charge is 0.451 e. The van der Waals surface area contributed by atoms with Gasteiger partial charge in [-0.1, -0.05) is 18.2 Å². The molecule has 3 rings (SSSR count). The molecule has 1 fully saturated rings. The van der Waals surface area contributed by atoms with Crippen molar-refractivity contribution in [2.45, 2.75) is 0 Å². The van der Waals surface area contributed by atoms with Crippen LogP contribution in [-0.4, -0.2) is 43.0 Å². The van der Waals surface area contributed by atoms with Gasteiger partial charge in [-0.25, -0.2) is 0 Å². The molecule has 1 aliphatic rings. The maximum atomic E-state index is 12.8. The number of nitrogens with one attached hydrogen (secondary N) is 1. The Morgan fingerprint density at radius 3 is 2.44 bits per heavy atom. The number of carbonyl (C=O) groups is 2. The van der Waals surface area contributed by atoms with Crippen molar-refractivity contribution >= 4 is 40.5 Å². The van der Waals surface area contributed by atoms with Crippen LogP contribution >= 0.6 is 22.6 Å². The number of rotatable bonds is 4. The Kier molecular flexibility index (Phi) is 5.87. The highest BCUT2D eigenvalue weighted by Gasteiger charge is 2.23. The molecule has 0 spiro atoms. The first-order valence-corrected chi connectivity index (χ1v) is 8.92. The van der Waals surface area contributed by atoms with E-state index in [0.29, 0.717) is 41.4 Å². The lowest BCUT2D eigenvalue weighted by Gasteiger charge is -2.27. The summed E-state index contributed by atoms with van der Waals surface area (Å²) in [4.78, 5) is 26.9.